The molecular formula is C13H19N5O. The van der Waals surface area contributed by atoms with Crippen molar-refractivity contribution in [1.82, 2.24) is 19.9 Å². The Hall–Kier alpha value is -1.95. The quantitative estimate of drug-likeness (QED) is 0.853. The molecule has 1 amide bonds. The largest absolute Gasteiger partial charge is 0.348 e. The summed E-state index contributed by atoms with van der Waals surface area (Å²) in [6.07, 6.45) is 0. The molecule has 2 aromatic rings. The zero-order valence-corrected chi connectivity index (χ0v) is 11.7. The van der Waals surface area contributed by atoms with Crippen LogP contribution in [0.4, 0.5) is 0 Å². The van der Waals surface area contributed by atoms with Crippen molar-refractivity contribution in [1.29, 1.82) is 0 Å². The fourth-order valence-corrected chi connectivity index (χ4v) is 2.05. The summed E-state index contributed by atoms with van der Waals surface area (Å²) < 4.78 is 1.70. The number of aryl methyl sites for hydroxylation is 3. The summed E-state index contributed by atoms with van der Waals surface area (Å²) in [6.45, 7) is 7.92. The summed E-state index contributed by atoms with van der Waals surface area (Å²) in [5.41, 5.74) is 9.13. The third-order valence-electron chi connectivity index (χ3n) is 3.03. The van der Waals surface area contributed by atoms with Crippen LogP contribution < -0.4 is 11.1 Å². The van der Waals surface area contributed by atoms with Crippen LogP contribution in [0.25, 0.3) is 5.65 Å². The minimum Gasteiger partial charge on any atom is -0.348 e. The molecule has 0 spiro atoms. The average molecular weight is 261 g/mol. The lowest BCUT2D eigenvalue weighted by Crippen LogP contribution is -2.38. The van der Waals surface area contributed by atoms with E-state index < -0.39 is 0 Å². The maximum Gasteiger partial charge on any atom is 0.257 e. The van der Waals surface area contributed by atoms with E-state index in [4.69, 9.17) is 5.73 Å². The highest BCUT2D eigenvalue weighted by Gasteiger charge is 2.20. The number of nitrogens with one attached hydrogen (secondary N) is 1. The molecule has 0 aliphatic rings. The number of fused-ring (bicyclic) bond motifs is 1. The van der Waals surface area contributed by atoms with Gasteiger partial charge in [0.1, 0.15) is 5.56 Å². The Balaban J connectivity index is 2.54. The summed E-state index contributed by atoms with van der Waals surface area (Å²) in [4.78, 5) is 16.7. The van der Waals surface area contributed by atoms with Gasteiger partial charge in [-0.05, 0) is 33.8 Å². The zero-order valence-electron chi connectivity index (χ0n) is 11.7. The molecule has 2 aromatic heterocycles. The first-order chi connectivity index (χ1) is 8.93. The van der Waals surface area contributed by atoms with Gasteiger partial charge in [-0.25, -0.2) is 9.50 Å². The standard InChI is InChI=1S/C13H19N5O/c1-7-5-9(3)18-12(15-7)11(10(4)17-18)13(19)16-8(2)6-14/h5,8H,6,14H2,1-4H3,(H,16,19)/t8-/m0/s1. The Kier molecular flexibility index (Phi) is 3.53. The van der Waals surface area contributed by atoms with E-state index in [1.807, 2.05) is 33.8 Å². The lowest BCUT2D eigenvalue weighted by molar-refractivity contribution is 0.0942. The molecule has 6 heteroatoms. The number of nitrogens with two attached hydrogens (primary N) is 1. The smallest absolute Gasteiger partial charge is 0.257 e. The lowest BCUT2D eigenvalue weighted by atomic mass is 10.2. The van der Waals surface area contributed by atoms with E-state index in [1.54, 1.807) is 4.52 Å². The van der Waals surface area contributed by atoms with Crippen LogP contribution in [0.5, 0.6) is 0 Å². The van der Waals surface area contributed by atoms with Gasteiger partial charge in [0.2, 0.25) is 0 Å². The Bertz CT molecular complexity index is 631. The molecule has 19 heavy (non-hydrogen) atoms. The van der Waals surface area contributed by atoms with Crippen molar-refractivity contribution in [3.63, 3.8) is 0 Å². The van der Waals surface area contributed by atoms with E-state index in [9.17, 15) is 4.79 Å². The molecule has 2 heterocycles. The Labute approximate surface area is 112 Å². The Morgan fingerprint density at radius 1 is 1.47 bits per heavy atom. The summed E-state index contributed by atoms with van der Waals surface area (Å²) in [7, 11) is 0. The van der Waals surface area contributed by atoms with E-state index in [1.165, 1.54) is 0 Å². The highest BCUT2D eigenvalue weighted by Crippen LogP contribution is 2.16. The molecule has 1 atom stereocenters. The fraction of sp³-hybridized carbons (Fsp3) is 0.462. The average Bonchev–Trinajstić information content (AvgIpc) is 2.65. The second-order valence-electron chi connectivity index (χ2n) is 4.84. The number of carbonyl (C=O) groups is 1. The number of hydrogen-bond acceptors (Lipinski definition) is 4. The second kappa shape index (κ2) is 4.97. The summed E-state index contributed by atoms with van der Waals surface area (Å²) in [5, 5.41) is 7.22. The number of amides is 1. The molecule has 102 valence electrons. The molecule has 0 bridgehead atoms. The molecule has 2 rings (SSSR count). The van der Waals surface area contributed by atoms with Gasteiger partial charge in [0.15, 0.2) is 5.65 Å². The van der Waals surface area contributed by atoms with E-state index in [-0.39, 0.29) is 11.9 Å². The van der Waals surface area contributed by atoms with Crippen molar-refractivity contribution >= 4 is 11.6 Å². The van der Waals surface area contributed by atoms with Gasteiger partial charge in [-0.2, -0.15) is 5.10 Å². The van der Waals surface area contributed by atoms with Crippen LogP contribution in [0.3, 0.4) is 0 Å². The highest BCUT2D eigenvalue weighted by atomic mass is 16.1. The number of hydrogen-bond donors (Lipinski definition) is 2. The van der Waals surface area contributed by atoms with E-state index >= 15 is 0 Å². The number of carbonyl (C=O) groups excluding carboxylic acids is 1. The molecule has 0 aromatic carbocycles. The third-order valence-corrected chi connectivity index (χ3v) is 3.03. The van der Waals surface area contributed by atoms with Crippen LogP contribution in [-0.4, -0.2) is 33.1 Å². The molecule has 0 radical (unpaired) electrons. The molecule has 3 N–H and O–H groups in total. The normalized spacial score (nSPS) is 12.7. The third kappa shape index (κ3) is 2.44. The van der Waals surface area contributed by atoms with Crippen LogP contribution >= 0.6 is 0 Å². The van der Waals surface area contributed by atoms with Crippen LogP contribution in [0, 0.1) is 20.8 Å². The van der Waals surface area contributed by atoms with E-state index in [0.717, 1.165) is 11.4 Å². The van der Waals surface area contributed by atoms with Crippen molar-refractivity contribution < 1.29 is 4.79 Å². The predicted molar refractivity (Wildman–Crippen MR) is 73.2 cm³/mol. The molecule has 0 saturated heterocycles. The van der Waals surface area contributed by atoms with E-state index in [2.05, 4.69) is 15.4 Å². The predicted octanol–water partition coefficient (Wildman–Crippen LogP) is 0.732. The van der Waals surface area contributed by atoms with Gasteiger partial charge >= 0.3 is 0 Å². The van der Waals surface area contributed by atoms with Crippen molar-refractivity contribution in [2.75, 3.05) is 6.54 Å². The molecule has 0 saturated carbocycles. The van der Waals surface area contributed by atoms with Crippen LogP contribution in [-0.2, 0) is 0 Å². The van der Waals surface area contributed by atoms with Gasteiger partial charge < -0.3 is 11.1 Å². The van der Waals surface area contributed by atoms with Gasteiger partial charge in [0.05, 0.1) is 5.69 Å². The maximum atomic E-state index is 12.3. The first kappa shape index (κ1) is 13.5. The first-order valence-corrected chi connectivity index (χ1v) is 6.28. The van der Waals surface area contributed by atoms with Gasteiger partial charge in [-0.3, -0.25) is 4.79 Å². The maximum absolute atomic E-state index is 12.3. The summed E-state index contributed by atoms with van der Waals surface area (Å²) in [6, 6.07) is 1.86. The lowest BCUT2D eigenvalue weighted by Gasteiger charge is -2.10. The zero-order chi connectivity index (χ0) is 14.2. The summed E-state index contributed by atoms with van der Waals surface area (Å²) in [5.74, 6) is -0.178. The molecule has 6 nitrogen and oxygen atoms in total. The van der Waals surface area contributed by atoms with Crippen LogP contribution in [0.1, 0.15) is 34.4 Å². The fourth-order valence-electron chi connectivity index (χ4n) is 2.05. The number of nitrogens with zero attached hydrogens (tertiary/aromatic N) is 3. The first-order valence-electron chi connectivity index (χ1n) is 6.28. The van der Waals surface area contributed by atoms with Crippen molar-refractivity contribution in [3.05, 3.63) is 28.7 Å². The Morgan fingerprint density at radius 2 is 2.16 bits per heavy atom. The van der Waals surface area contributed by atoms with E-state index in [0.29, 0.717) is 23.4 Å². The van der Waals surface area contributed by atoms with Crippen molar-refractivity contribution in [2.24, 2.45) is 5.73 Å². The van der Waals surface area contributed by atoms with Crippen molar-refractivity contribution in [3.8, 4) is 0 Å². The Morgan fingerprint density at radius 3 is 2.79 bits per heavy atom. The number of rotatable bonds is 3. The SMILES string of the molecule is Cc1cc(C)n2nc(C)c(C(=O)N[C@@H](C)CN)c2n1. The molecule has 0 fully saturated rings. The van der Waals surface area contributed by atoms with Gasteiger partial charge in [0.25, 0.3) is 5.91 Å². The second-order valence-corrected chi connectivity index (χ2v) is 4.84. The molecule has 0 aliphatic carbocycles. The highest BCUT2D eigenvalue weighted by molar-refractivity contribution is 6.01. The topological polar surface area (TPSA) is 85.3 Å². The van der Waals surface area contributed by atoms with Crippen LogP contribution in [0.2, 0.25) is 0 Å². The minimum absolute atomic E-state index is 0.0762. The van der Waals surface area contributed by atoms with Gasteiger partial charge in [-0.15, -0.1) is 0 Å². The van der Waals surface area contributed by atoms with Gasteiger partial charge in [0, 0.05) is 24.0 Å². The molecule has 0 unspecified atom stereocenters. The monoisotopic (exact) mass is 261 g/mol. The summed E-state index contributed by atoms with van der Waals surface area (Å²) >= 11 is 0. The molecular weight excluding hydrogens is 242 g/mol. The molecule has 0 aliphatic heterocycles. The van der Waals surface area contributed by atoms with Crippen molar-refractivity contribution in [2.45, 2.75) is 33.7 Å². The minimum atomic E-state index is -0.178. The number of aromatic nitrogens is 3. The van der Waals surface area contributed by atoms with Gasteiger partial charge in [-0.1, -0.05) is 0 Å². The van der Waals surface area contributed by atoms with Crippen LogP contribution in [0.15, 0.2) is 6.07 Å².